The summed E-state index contributed by atoms with van der Waals surface area (Å²) in [7, 11) is 1.27. The van der Waals surface area contributed by atoms with E-state index in [1.165, 1.54) is 19.2 Å². The highest BCUT2D eigenvalue weighted by atomic mass is 19.1. The molecule has 0 aliphatic rings. The summed E-state index contributed by atoms with van der Waals surface area (Å²) in [5.74, 6) is -2.66. The Hall–Kier alpha value is -3.03. The van der Waals surface area contributed by atoms with Gasteiger partial charge in [-0.15, -0.1) is 0 Å². The number of halogens is 2. The lowest BCUT2D eigenvalue weighted by molar-refractivity contribution is -0.385. The number of carbonyl (C=O) groups excluding carboxylic acids is 1. The Labute approximate surface area is 123 Å². The number of benzene rings is 2. The van der Waals surface area contributed by atoms with Crippen LogP contribution < -0.4 is 10.1 Å². The number of rotatable bonds is 4. The SMILES string of the molecule is COc1ccc(NC(=O)c2ccc(F)cc2F)cc1[N+](=O)[O-]. The van der Waals surface area contributed by atoms with Gasteiger partial charge in [-0.2, -0.15) is 0 Å². The first-order chi connectivity index (χ1) is 10.4. The second kappa shape index (κ2) is 6.17. The molecule has 8 heteroatoms. The molecule has 2 rings (SSSR count). The van der Waals surface area contributed by atoms with Gasteiger partial charge >= 0.3 is 5.69 Å². The molecule has 1 amide bonds. The van der Waals surface area contributed by atoms with Crippen molar-refractivity contribution in [1.82, 2.24) is 0 Å². The van der Waals surface area contributed by atoms with Gasteiger partial charge in [0, 0.05) is 17.8 Å². The number of ether oxygens (including phenoxy) is 1. The first kappa shape index (κ1) is 15.4. The number of nitro groups is 1. The lowest BCUT2D eigenvalue weighted by Crippen LogP contribution is -2.14. The second-order valence-corrected chi connectivity index (χ2v) is 4.22. The largest absolute Gasteiger partial charge is 0.490 e. The molecular formula is C14H10F2N2O4. The van der Waals surface area contributed by atoms with Crippen LogP contribution in [0.25, 0.3) is 0 Å². The van der Waals surface area contributed by atoms with Crippen LogP contribution >= 0.6 is 0 Å². The number of anilines is 1. The number of hydrogen-bond acceptors (Lipinski definition) is 4. The summed E-state index contributed by atoms with van der Waals surface area (Å²) in [6.07, 6.45) is 0. The zero-order valence-corrected chi connectivity index (χ0v) is 11.3. The highest BCUT2D eigenvalue weighted by Gasteiger charge is 2.18. The van der Waals surface area contributed by atoms with Crippen molar-refractivity contribution in [1.29, 1.82) is 0 Å². The van der Waals surface area contributed by atoms with E-state index in [1.54, 1.807) is 0 Å². The molecular weight excluding hydrogens is 298 g/mol. The maximum absolute atomic E-state index is 13.5. The maximum atomic E-state index is 13.5. The van der Waals surface area contributed by atoms with E-state index in [0.717, 1.165) is 18.2 Å². The second-order valence-electron chi connectivity index (χ2n) is 4.22. The molecule has 0 aromatic heterocycles. The summed E-state index contributed by atoms with van der Waals surface area (Å²) in [6, 6.07) is 6.25. The number of amides is 1. The van der Waals surface area contributed by atoms with Crippen LogP contribution in [0.5, 0.6) is 5.75 Å². The summed E-state index contributed by atoms with van der Waals surface area (Å²) >= 11 is 0. The lowest BCUT2D eigenvalue weighted by atomic mass is 10.2. The summed E-state index contributed by atoms with van der Waals surface area (Å²) in [4.78, 5) is 22.1. The molecule has 114 valence electrons. The van der Waals surface area contributed by atoms with Crippen LogP contribution in [0.15, 0.2) is 36.4 Å². The summed E-state index contributed by atoms with van der Waals surface area (Å²) in [6.45, 7) is 0. The van der Waals surface area contributed by atoms with Crippen LogP contribution in [0.3, 0.4) is 0 Å². The standard InChI is InChI=1S/C14H10F2N2O4/c1-22-13-5-3-9(7-12(13)18(20)21)17-14(19)10-4-2-8(15)6-11(10)16/h2-7H,1H3,(H,17,19). The Bertz CT molecular complexity index is 750. The number of carbonyl (C=O) groups is 1. The zero-order chi connectivity index (χ0) is 16.3. The third-order valence-corrected chi connectivity index (χ3v) is 2.81. The van der Waals surface area contributed by atoms with Gasteiger partial charge in [-0.05, 0) is 24.3 Å². The van der Waals surface area contributed by atoms with E-state index < -0.39 is 22.5 Å². The smallest absolute Gasteiger partial charge is 0.312 e. The molecule has 0 heterocycles. The van der Waals surface area contributed by atoms with Crippen LogP contribution in [0, 0.1) is 21.7 Å². The molecule has 0 atom stereocenters. The summed E-state index contributed by atoms with van der Waals surface area (Å²) in [5.41, 5.74) is -0.638. The number of nitrogens with one attached hydrogen (secondary N) is 1. The molecule has 0 bridgehead atoms. The lowest BCUT2D eigenvalue weighted by Gasteiger charge is -2.08. The predicted molar refractivity (Wildman–Crippen MR) is 74.0 cm³/mol. The molecule has 0 unspecified atom stereocenters. The molecule has 1 N–H and O–H groups in total. The molecule has 0 radical (unpaired) electrons. The molecule has 0 aliphatic heterocycles. The van der Waals surface area contributed by atoms with E-state index in [2.05, 4.69) is 5.32 Å². The quantitative estimate of drug-likeness (QED) is 0.695. The average Bonchev–Trinajstić information content (AvgIpc) is 2.46. The summed E-state index contributed by atoms with van der Waals surface area (Å²) in [5, 5.41) is 13.2. The van der Waals surface area contributed by atoms with Crippen LogP contribution in [-0.2, 0) is 0 Å². The molecule has 0 aliphatic carbocycles. The van der Waals surface area contributed by atoms with Gasteiger partial charge in [0.2, 0.25) is 0 Å². The van der Waals surface area contributed by atoms with E-state index in [0.29, 0.717) is 6.07 Å². The van der Waals surface area contributed by atoms with Gasteiger partial charge < -0.3 is 10.1 Å². The summed E-state index contributed by atoms with van der Waals surface area (Å²) < 4.78 is 31.1. The monoisotopic (exact) mass is 308 g/mol. The minimum atomic E-state index is -1.03. The molecule has 2 aromatic rings. The van der Waals surface area contributed by atoms with E-state index in [4.69, 9.17) is 4.74 Å². The van der Waals surface area contributed by atoms with Crippen molar-refractivity contribution >= 4 is 17.3 Å². The molecule has 6 nitrogen and oxygen atoms in total. The Balaban J connectivity index is 2.28. The van der Waals surface area contributed by atoms with Gasteiger partial charge in [0.05, 0.1) is 17.6 Å². The molecule has 0 spiro atoms. The van der Waals surface area contributed by atoms with Crippen LogP contribution in [0.2, 0.25) is 0 Å². The van der Waals surface area contributed by atoms with Gasteiger partial charge in [0.25, 0.3) is 5.91 Å². The first-order valence-electron chi connectivity index (χ1n) is 6.01. The number of nitro benzene ring substituents is 1. The maximum Gasteiger partial charge on any atom is 0.312 e. The van der Waals surface area contributed by atoms with Gasteiger partial charge in [0.1, 0.15) is 11.6 Å². The highest BCUT2D eigenvalue weighted by molar-refractivity contribution is 6.04. The van der Waals surface area contributed by atoms with Crippen molar-refractivity contribution in [3.05, 3.63) is 63.7 Å². The number of nitrogens with zero attached hydrogens (tertiary/aromatic N) is 1. The van der Waals surface area contributed by atoms with Gasteiger partial charge in [-0.3, -0.25) is 14.9 Å². The first-order valence-corrected chi connectivity index (χ1v) is 6.01. The fourth-order valence-corrected chi connectivity index (χ4v) is 1.78. The van der Waals surface area contributed by atoms with E-state index in [9.17, 15) is 23.7 Å². The van der Waals surface area contributed by atoms with Crippen molar-refractivity contribution in [2.75, 3.05) is 12.4 Å². The Morgan fingerprint density at radius 2 is 1.95 bits per heavy atom. The fourth-order valence-electron chi connectivity index (χ4n) is 1.78. The molecule has 2 aromatic carbocycles. The zero-order valence-electron chi connectivity index (χ0n) is 11.3. The fraction of sp³-hybridized carbons (Fsp3) is 0.0714. The topological polar surface area (TPSA) is 81.5 Å². The third kappa shape index (κ3) is 3.17. The molecule has 22 heavy (non-hydrogen) atoms. The van der Waals surface area contributed by atoms with Crippen LogP contribution in [-0.4, -0.2) is 17.9 Å². The predicted octanol–water partition coefficient (Wildman–Crippen LogP) is 3.13. The van der Waals surface area contributed by atoms with E-state index >= 15 is 0 Å². The Kier molecular flexibility index (Phi) is 4.31. The van der Waals surface area contributed by atoms with Crippen molar-refractivity contribution in [3.8, 4) is 5.75 Å². The van der Waals surface area contributed by atoms with Gasteiger partial charge in [-0.1, -0.05) is 0 Å². The number of methoxy groups -OCH3 is 1. The van der Waals surface area contributed by atoms with Gasteiger partial charge in [0.15, 0.2) is 5.75 Å². The highest BCUT2D eigenvalue weighted by Crippen LogP contribution is 2.29. The minimum Gasteiger partial charge on any atom is -0.490 e. The Morgan fingerprint density at radius 3 is 2.55 bits per heavy atom. The van der Waals surface area contributed by atoms with Gasteiger partial charge in [-0.25, -0.2) is 8.78 Å². The van der Waals surface area contributed by atoms with Crippen molar-refractivity contribution in [2.45, 2.75) is 0 Å². The van der Waals surface area contributed by atoms with Crippen LogP contribution in [0.1, 0.15) is 10.4 Å². The molecule has 0 fully saturated rings. The van der Waals surface area contributed by atoms with E-state index in [-0.39, 0.29) is 22.7 Å². The third-order valence-electron chi connectivity index (χ3n) is 2.81. The number of hydrogen-bond donors (Lipinski definition) is 1. The Morgan fingerprint density at radius 1 is 1.23 bits per heavy atom. The normalized spacial score (nSPS) is 10.1. The molecule has 0 saturated carbocycles. The average molecular weight is 308 g/mol. The minimum absolute atomic E-state index is 0.0240. The van der Waals surface area contributed by atoms with Crippen molar-refractivity contribution in [2.24, 2.45) is 0 Å². The van der Waals surface area contributed by atoms with Crippen molar-refractivity contribution < 1.29 is 23.2 Å². The van der Waals surface area contributed by atoms with Crippen LogP contribution in [0.4, 0.5) is 20.2 Å². The van der Waals surface area contributed by atoms with E-state index in [1.807, 2.05) is 0 Å². The van der Waals surface area contributed by atoms with Crippen molar-refractivity contribution in [3.63, 3.8) is 0 Å². The molecule has 0 saturated heterocycles.